The van der Waals surface area contributed by atoms with Crippen LogP contribution >= 0.6 is 22.9 Å². The number of fused-ring (bicyclic) bond motifs is 1. The summed E-state index contributed by atoms with van der Waals surface area (Å²) in [6.45, 7) is 0. The van der Waals surface area contributed by atoms with Gasteiger partial charge in [-0.1, -0.05) is 17.7 Å². The van der Waals surface area contributed by atoms with Crippen LogP contribution in [0, 0.1) is 0 Å². The molecule has 9 heteroatoms. The lowest BCUT2D eigenvalue weighted by Gasteiger charge is -2.23. The Hall–Kier alpha value is -3.10. The fourth-order valence-electron chi connectivity index (χ4n) is 2.79. The van der Waals surface area contributed by atoms with E-state index in [-0.39, 0.29) is 16.1 Å². The van der Waals surface area contributed by atoms with Crippen LogP contribution in [-0.2, 0) is 23.8 Å². The van der Waals surface area contributed by atoms with Crippen molar-refractivity contribution >= 4 is 56.6 Å². The lowest BCUT2D eigenvalue weighted by Crippen LogP contribution is -2.26. The molecule has 0 amide bonds. The predicted octanol–water partition coefficient (Wildman–Crippen LogP) is 3.83. The van der Waals surface area contributed by atoms with Crippen LogP contribution in [-0.4, -0.2) is 39.2 Å². The van der Waals surface area contributed by atoms with Crippen molar-refractivity contribution < 1.29 is 28.6 Å². The van der Waals surface area contributed by atoms with E-state index in [2.05, 4.69) is 0 Å². The van der Waals surface area contributed by atoms with Gasteiger partial charge in [0.25, 0.3) is 0 Å². The van der Waals surface area contributed by atoms with E-state index in [1.165, 1.54) is 43.6 Å². The lowest BCUT2D eigenvalue weighted by molar-refractivity contribution is -0.139. The number of thiophene rings is 1. The summed E-state index contributed by atoms with van der Waals surface area (Å²) < 4.78 is 15.2. The third kappa shape index (κ3) is 3.76. The van der Waals surface area contributed by atoms with E-state index in [0.717, 1.165) is 0 Å². The number of rotatable bonds is 4. The van der Waals surface area contributed by atoms with Gasteiger partial charge in [0.2, 0.25) is 0 Å². The zero-order chi connectivity index (χ0) is 21.1. The van der Waals surface area contributed by atoms with E-state index in [0.29, 0.717) is 20.8 Å². The van der Waals surface area contributed by atoms with Crippen LogP contribution in [0.2, 0.25) is 5.02 Å². The summed E-state index contributed by atoms with van der Waals surface area (Å²) in [5.74, 6) is -1.91. The van der Waals surface area contributed by atoms with Gasteiger partial charge in [-0.25, -0.2) is 14.4 Å². The Morgan fingerprint density at radius 3 is 2.31 bits per heavy atom. The number of carbonyl (C=O) groups excluding carboxylic acids is 3. The number of hydrogen-bond donors (Lipinski definition) is 0. The van der Waals surface area contributed by atoms with Crippen LogP contribution in [0.25, 0.3) is 10.1 Å². The molecule has 0 fully saturated rings. The molecule has 1 aromatic carbocycles. The Morgan fingerprint density at radius 1 is 0.966 bits per heavy atom. The van der Waals surface area contributed by atoms with Gasteiger partial charge in [0.1, 0.15) is 10.6 Å². The van der Waals surface area contributed by atoms with Gasteiger partial charge in [0, 0.05) is 22.0 Å². The second-order valence-electron chi connectivity index (χ2n) is 5.73. The van der Waals surface area contributed by atoms with Gasteiger partial charge in [0.05, 0.1) is 31.9 Å². The molecule has 7 nitrogen and oxygen atoms in total. The van der Waals surface area contributed by atoms with Crippen molar-refractivity contribution in [3.05, 3.63) is 63.8 Å². The Bertz CT molecular complexity index is 1100. The Kier molecular flexibility index (Phi) is 6.05. The number of esters is 3. The summed E-state index contributed by atoms with van der Waals surface area (Å²) in [7, 11) is 3.74. The highest BCUT2D eigenvalue weighted by molar-refractivity contribution is 7.21. The normalized spacial score (nSPS) is 13.4. The molecule has 0 atom stereocenters. The van der Waals surface area contributed by atoms with Crippen molar-refractivity contribution in [1.82, 2.24) is 0 Å². The van der Waals surface area contributed by atoms with Gasteiger partial charge in [-0.2, -0.15) is 0 Å². The first kappa shape index (κ1) is 20.6. The summed E-state index contributed by atoms with van der Waals surface area (Å²) in [6, 6.07) is 5.20. The molecule has 1 aliphatic rings. The van der Waals surface area contributed by atoms with E-state index >= 15 is 0 Å². The molecule has 2 heterocycles. The molecule has 29 heavy (non-hydrogen) atoms. The van der Waals surface area contributed by atoms with Gasteiger partial charge in [-0.3, -0.25) is 0 Å². The average Bonchev–Trinajstić information content (AvgIpc) is 2.92. The number of anilines is 1. The summed E-state index contributed by atoms with van der Waals surface area (Å²) in [4.78, 5) is 38.5. The Labute approximate surface area is 175 Å². The van der Waals surface area contributed by atoms with Gasteiger partial charge in [-0.05, 0) is 30.4 Å². The van der Waals surface area contributed by atoms with E-state index in [9.17, 15) is 14.4 Å². The zero-order valence-electron chi connectivity index (χ0n) is 15.7. The fraction of sp³-hybridized carbons (Fsp3) is 0.150. The van der Waals surface area contributed by atoms with Crippen molar-refractivity contribution in [3.8, 4) is 0 Å². The monoisotopic (exact) mass is 433 g/mol. The summed E-state index contributed by atoms with van der Waals surface area (Å²) >= 11 is 7.48. The van der Waals surface area contributed by atoms with Crippen molar-refractivity contribution in [2.75, 3.05) is 26.2 Å². The number of allylic oxidation sites excluding steroid dienone is 2. The molecular weight excluding hydrogens is 418 g/mol. The molecule has 0 saturated carbocycles. The van der Waals surface area contributed by atoms with Gasteiger partial charge in [-0.15, -0.1) is 11.3 Å². The first-order chi connectivity index (χ1) is 13.9. The number of carbonyl (C=O) groups is 3. The average molecular weight is 434 g/mol. The molecule has 0 bridgehead atoms. The van der Waals surface area contributed by atoms with Crippen molar-refractivity contribution in [2.45, 2.75) is 0 Å². The van der Waals surface area contributed by atoms with Crippen molar-refractivity contribution in [2.24, 2.45) is 0 Å². The highest BCUT2D eigenvalue weighted by atomic mass is 35.5. The highest BCUT2D eigenvalue weighted by Crippen LogP contribution is 2.39. The second kappa shape index (κ2) is 8.50. The predicted molar refractivity (Wildman–Crippen MR) is 110 cm³/mol. The maximum absolute atomic E-state index is 12.5. The second-order valence-corrected chi connectivity index (χ2v) is 7.16. The van der Waals surface area contributed by atoms with E-state index in [4.69, 9.17) is 25.8 Å². The topological polar surface area (TPSA) is 82.1 Å². The standard InChI is InChI=1S/C20H16ClNO6S/c1-26-18(23)13-6-4-5-9-22(16(13)19(24)27-2)11-7-8-12-14(10-11)29-17(15(12)21)20(25)28-3/h4-10H,1-3H3. The van der Waals surface area contributed by atoms with Crippen LogP contribution in [0.15, 0.2) is 53.9 Å². The number of ether oxygens (including phenoxy) is 3. The first-order valence-electron chi connectivity index (χ1n) is 8.28. The SMILES string of the molecule is COC(=O)C1=C(C(=O)OC)N(c2ccc3c(Cl)c(C(=O)OC)sc3c2)C=CC=C1. The van der Waals surface area contributed by atoms with Crippen LogP contribution in [0.4, 0.5) is 5.69 Å². The third-order valence-electron chi connectivity index (χ3n) is 4.15. The molecule has 0 unspecified atom stereocenters. The molecule has 1 aromatic heterocycles. The number of benzene rings is 1. The number of hydrogen-bond acceptors (Lipinski definition) is 8. The summed E-state index contributed by atoms with van der Waals surface area (Å²) in [5, 5.41) is 0.977. The van der Waals surface area contributed by atoms with Crippen molar-refractivity contribution in [1.29, 1.82) is 0 Å². The molecule has 0 N–H and O–H groups in total. The smallest absolute Gasteiger partial charge is 0.355 e. The Balaban J connectivity index is 2.19. The third-order valence-corrected chi connectivity index (χ3v) is 5.79. The Morgan fingerprint density at radius 2 is 1.66 bits per heavy atom. The van der Waals surface area contributed by atoms with E-state index < -0.39 is 17.9 Å². The van der Waals surface area contributed by atoms with E-state index in [1.807, 2.05) is 0 Å². The molecule has 3 rings (SSSR count). The molecule has 150 valence electrons. The number of methoxy groups -OCH3 is 3. The van der Waals surface area contributed by atoms with Crippen LogP contribution in [0.3, 0.4) is 0 Å². The molecule has 0 radical (unpaired) electrons. The van der Waals surface area contributed by atoms with Gasteiger partial charge >= 0.3 is 17.9 Å². The van der Waals surface area contributed by atoms with Crippen LogP contribution in [0.1, 0.15) is 9.67 Å². The minimum Gasteiger partial charge on any atom is -0.465 e. The van der Waals surface area contributed by atoms with Gasteiger partial charge in [0.15, 0.2) is 0 Å². The minimum absolute atomic E-state index is 0.000422. The maximum atomic E-state index is 12.5. The maximum Gasteiger partial charge on any atom is 0.355 e. The zero-order valence-corrected chi connectivity index (χ0v) is 17.3. The minimum atomic E-state index is -0.707. The first-order valence-corrected chi connectivity index (χ1v) is 9.47. The molecular formula is C20H16ClNO6S. The molecule has 0 aliphatic carbocycles. The fourth-order valence-corrected chi connectivity index (χ4v) is 4.25. The van der Waals surface area contributed by atoms with Gasteiger partial charge < -0.3 is 19.1 Å². The molecule has 2 aromatic rings. The number of nitrogens with zero attached hydrogens (tertiary/aromatic N) is 1. The molecule has 0 saturated heterocycles. The summed E-state index contributed by atoms with van der Waals surface area (Å²) in [6.07, 6.45) is 6.39. The molecule has 1 aliphatic heterocycles. The molecule has 0 spiro atoms. The van der Waals surface area contributed by atoms with Crippen LogP contribution < -0.4 is 4.90 Å². The van der Waals surface area contributed by atoms with E-state index in [1.54, 1.807) is 36.6 Å². The quantitative estimate of drug-likeness (QED) is 0.535. The number of halogens is 1. The largest absolute Gasteiger partial charge is 0.465 e. The highest BCUT2D eigenvalue weighted by Gasteiger charge is 2.28. The van der Waals surface area contributed by atoms with Crippen molar-refractivity contribution in [3.63, 3.8) is 0 Å². The summed E-state index contributed by atoms with van der Waals surface area (Å²) in [5.41, 5.74) is 0.608. The lowest BCUT2D eigenvalue weighted by atomic mass is 10.1. The van der Waals surface area contributed by atoms with Crippen LogP contribution in [0.5, 0.6) is 0 Å².